The molecule has 2 amide bonds. The molecule has 9 heteroatoms. The summed E-state index contributed by atoms with van der Waals surface area (Å²) in [5, 5.41) is 11.2. The van der Waals surface area contributed by atoms with Crippen molar-refractivity contribution < 1.29 is 14.3 Å². The van der Waals surface area contributed by atoms with Crippen LogP contribution in [0.3, 0.4) is 0 Å². The van der Waals surface area contributed by atoms with E-state index in [4.69, 9.17) is 16.3 Å². The Kier molecular flexibility index (Phi) is 6.82. The molecule has 3 heterocycles. The zero-order valence-corrected chi connectivity index (χ0v) is 18.1. The molecule has 2 atom stereocenters. The fourth-order valence-electron chi connectivity index (χ4n) is 3.95. The lowest BCUT2D eigenvalue weighted by Gasteiger charge is -2.36. The van der Waals surface area contributed by atoms with Crippen LogP contribution in [0.1, 0.15) is 46.5 Å². The number of anilines is 1. The van der Waals surface area contributed by atoms with Crippen molar-refractivity contribution in [1.29, 1.82) is 0 Å². The molecule has 1 aromatic heterocycles. The standard InChI is InChI=1S/C20H30ClN5O3/c1-20(2,3)29-19(28)22-12-15-7-5-11-26(15)18(27)14-6-4-10-25(13-14)17-9-8-16(21)23-24-17/h8-9,14-15H,4-7,10-13H2,1-3H3,(H,22,28)/t14-,15-/m1/s1. The van der Waals surface area contributed by atoms with Gasteiger partial charge in [-0.25, -0.2) is 4.79 Å². The van der Waals surface area contributed by atoms with E-state index in [0.29, 0.717) is 18.2 Å². The van der Waals surface area contributed by atoms with Gasteiger partial charge in [0.25, 0.3) is 0 Å². The number of ether oxygens (including phenoxy) is 1. The zero-order chi connectivity index (χ0) is 21.0. The molecule has 0 aliphatic carbocycles. The molecule has 1 N–H and O–H groups in total. The molecule has 0 bridgehead atoms. The van der Waals surface area contributed by atoms with Gasteiger partial charge in [-0.3, -0.25) is 4.79 Å². The zero-order valence-electron chi connectivity index (χ0n) is 17.4. The van der Waals surface area contributed by atoms with Crippen LogP contribution in [0.15, 0.2) is 12.1 Å². The fraction of sp³-hybridized carbons (Fsp3) is 0.700. The predicted octanol–water partition coefficient (Wildman–Crippen LogP) is 2.86. The number of alkyl carbamates (subject to hydrolysis) is 1. The second-order valence-electron chi connectivity index (χ2n) is 8.71. The molecule has 0 saturated carbocycles. The summed E-state index contributed by atoms with van der Waals surface area (Å²) in [4.78, 5) is 29.2. The monoisotopic (exact) mass is 423 g/mol. The van der Waals surface area contributed by atoms with Gasteiger partial charge in [0, 0.05) is 32.2 Å². The van der Waals surface area contributed by atoms with E-state index in [1.54, 1.807) is 6.07 Å². The molecular formula is C20H30ClN5O3. The van der Waals surface area contributed by atoms with Crippen LogP contribution in [0.25, 0.3) is 0 Å². The molecule has 0 spiro atoms. The minimum atomic E-state index is -0.536. The van der Waals surface area contributed by atoms with Crippen LogP contribution >= 0.6 is 11.6 Å². The van der Waals surface area contributed by atoms with Gasteiger partial charge in [-0.05, 0) is 58.6 Å². The summed E-state index contributed by atoms with van der Waals surface area (Å²) in [7, 11) is 0. The number of carbonyl (C=O) groups excluding carboxylic acids is 2. The van der Waals surface area contributed by atoms with Gasteiger partial charge in [0.2, 0.25) is 5.91 Å². The number of likely N-dealkylation sites (tertiary alicyclic amines) is 1. The van der Waals surface area contributed by atoms with E-state index in [1.807, 2.05) is 31.7 Å². The van der Waals surface area contributed by atoms with E-state index in [-0.39, 0.29) is 17.9 Å². The van der Waals surface area contributed by atoms with Crippen LogP contribution in [0, 0.1) is 5.92 Å². The summed E-state index contributed by atoms with van der Waals surface area (Å²) >= 11 is 5.83. The third-order valence-electron chi connectivity index (χ3n) is 5.25. The van der Waals surface area contributed by atoms with Gasteiger partial charge < -0.3 is 19.9 Å². The number of carbonyl (C=O) groups is 2. The van der Waals surface area contributed by atoms with E-state index < -0.39 is 11.7 Å². The fourth-order valence-corrected chi connectivity index (χ4v) is 4.05. The van der Waals surface area contributed by atoms with Crippen LogP contribution in [0.5, 0.6) is 0 Å². The smallest absolute Gasteiger partial charge is 0.407 e. The molecule has 29 heavy (non-hydrogen) atoms. The first-order chi connectivity index (χ1) is 13.7. The van der Waals surface area contributed by atoms with Gasteiger partial charge in [0.1, 0.15) is 5.60 Å². The number of piperidine rings is 1. The van der Waals surface area contributed by atoms with Gasteiger partial charge >= 0.3 is 6.09 Å². The van der Waals surface area contributed by atoms with Crippen LogP contribution in [-0.2, 0) is 9.53 Å². The number of nitrogens with one attached hydrogen (secondary N) is 1. The average Bonchev–Trinajstić information content (AvgIpc) is 3.14. The first kappa shape index (κ1) is 21.6. The Morgan fingerprint density at radius 3 is 2.66 bits per heavy atom. The highest BCUT2D eigenvalue weighted by Crippen LogP contribution is 2.26. The van der Waals surface area contributed by atoms with Gasteiger partial charge in [-0.15, -0.1) is 10.2 Å². The minimum Gasteiger partial charge on any atom is -0.444 e. The Morgan fingerprint density at radius 2 is 1.97 bits per heavy atom. The number of hydrogen-bond acceptors (Lipinski definition) is 6. The second kappa shape index (κ2) is 9.15. The maximum Gasteiger partial charge on any atom is 0.407 e. The topological polar surface area (TPSA) is 87.7 Å². The summed E-state index contributed by atoms with van der Waals surface area (Å²) in [5.74, 6) is 0.824. The molecule has 2 fully saturated rings. The van der Waals surface area contributed by atoms with Crippen molar-refractivity contribution in [2.45, 2.75) is 58.1 Å². The first-order valence-electron chi connectivity index (χ1n) is 10.2. The van der Waals surface area contributed by atoms with Crippen LogP contribution < -0.4 is 10.2 Å². The van der Waals surface area contributed by atoms with Crippen molar-refractivity contribution in [2.75, 3.05) is 31.1 Å². The molecule has 2 aliphatic heterocycles. The van der Waals surface area contributed by atoms with Gasteiger partial charge in [0.15, 0.2) is 11.0 Å². The quantitative estimate of drug-likeness (QED) is 0.801. The van der Waals surface area contributed by atoms with Crippen LogP contribution in [0.4, 0.5) is 10.6 Å². The van der Waals surface area contributed by atoms with E-state index in [2.05, 4.69) is 20.4 Å². The van der Waals surface area contributed by atoms with Crippen molar-refractivity contribution in [2.24, 2.45) is 5.92 Å². The predicted molar refractivity (Wildman–Crippen MR) is 111 cm³/mol. The first-order valence-corrected chi connectivity index (χ1v) is 10.6. The Morgan fingerprint density at radius 1 is 1.21 bits per heavy atom. The highest BCUT2D eigenvalue weighted by atomic mass is 35.5. The van der Waals surface area contributed by atoms with Crippen LogP contribution in [-0.4, -0.2) is 64.9 Å². The Balaban J connectivity index is 1.56. The molecule has 2 saturated heterocycles. The third-order valence-corrected chi connectivity index (χ3v) is 5.46. The van der Waals surface area contributed by atoms with Crippen molar-refractivity contribution in [1.82, 2.24) is 20.4 Å². The van der Waals surface area contributed by atoms with E-state index in [0.717, 1.165) is 44.6 Å². The summed E-state index contributed by atoms with van der Waals surface area (Å²) in [6.07, 6.45) is 3.18. The highest BCUT2D eigenvalue weighted by Gasteiger charge is 2.35. The van der Waals surface area contributed by atoms with Crippen molar-refractivity contribution >= 4 is 29.4 Å². The Bertz CT molecular complexity index is 722. The maximum atomic E-state index is 13.2. The van der Waals surface area contributed by atoms with Gasteiger partial charge in [0.05, 0.1) is 5.92 Å². The largest absolute Gasteiger partial charge is 0.444 e. The number of rotatable bonds is 4. The third kappa shape index (κ3) is 5.95. The lowest BCUT2D eigenvalue weighted by Crippen LogP contribution is -2.49. The molecular weight excluding hydrogens is 394 g/mol. The molecule has 3 rings (SSSR count). The normalized spacial score (nSPS) is 22.5. The number of hydrogen-bond donors (Lipinski definition) is 1. The minimum absolute atomic E-state index is 0.0146. The van der Waals surface area contributed by atoms with E-state index in [1.165, 1.54) is 0 Å². The molecule has 8 nitrogen and oxygen atoms in total. The maximum absolute atomic E-state index is 13.2. The van der Waals surface area contributed by atoms with Crippen molar-refractivity contribution in [3.63, 3.8) is 0 Å². The molecule has 1 aromatic rings. The highest BCUT2D eigenvalue weighted by molar-refractivity contribution is 6.29. The summed E-state index contributed by atoms with van der Waals surface area (Å²) in [6, 6.07) is 3.57. The summed E-state index contributed by atoms with van der Waals surface area (Å²) < 4.78 is 5.30. The summed E-state index contributed by atoms with van der Waals surface area (Å²) in [5.41, 5.74) is -0.536. The molecule has 0 aromatic carbocycles. The SMILES string of the molecule is CC(C)(C)OC(=O)NC[C@H]1CCCN1C(=O)[C@@H]1CCCN(c2ccc(Cl)nn2)C1. The number of halogens is 1. The number of nitrogens with zero attached hydrogens (tertiary/aromatic N) is 4. The van der Waals surface area contributed by atoms with Crippen LogP contribution in [0.2, 0.25) is 5.15 Å². The Labute approximate surface area is 176 Å². The summed E-state index contributed by atoms with van der Waals surface area (Å²) in [6.45, 7) is 8.12. The molecule has 2 aliphatic rings. The van der Waals surface area contributed by atoms with Crippen molar-refractivity contribution in [3.05, 3.63) is 17.3 Å². The number of amides is 2. The number of aromatic nitrogens is 2. The Hall–Kier alpha value is -2.09. The second-order valence-corrected chi connectivity index (χ2v) is 9.10. The van der Waals surface area contributed by atoms with E-state index >= 15 is 0 Å². The van der Waals surface area contributed by atoms with Gasteiger partial charge in [-0.2, -0.15) is 0 Å². The lowest BCUT2D eigenvalue weighted by molar-refractivity contribution is -0.136. The lowest BCUT2D eigenvalue weighted by atomic mass is 9.96. The van der Waals surface area contributed by atoms with E-state index in [9.17, 15) is 9.59 Å². The molecule has 0 unspecified atom stereocenters. The average molecular weight is 424 g/mol. The molecule has 160 valence electrons. The van der Waals surface area contributed by atoms with Gasteiger partial charge in [-0.1, -0.05) is 11.6 Å². The molecule has 0 radical (unpaired) electrons. The van der Waals surface area contributed by atoms with Crippen molar-refractivity contribution in [3.8, 4) is 0 Å².